The molecule has 578 valence electrons. The highest BCUT2D eigenvalue weighted by Gasteiger charge is 2.39. The Bertz CT molecular complexity index is 2550. The minimum Gasteiger partial charge on any atom is -0.465 e. The number of carbonyl (C=O) groups excluding carboxylic acids is 2. The molecule has 9 heterocycles. The van der Waals surface area contributed by atoms with Gasteiger partial charge >= 0.3 is 5.97 Å². The van der Waals surface area contributed by atoms with Crippen molar-refractivity contribution < 1.29 is 24.2 Å². The van der Waals surface area contributed by atoms with E-state index in [0.717, 1.165) is 87.6 Å². The van der Waals surface area contributed by atoms with Crippen molar-refractivity contribution in [3.63, 3.8) is 0 Å². The van der Waals surface area contributed by atoms with Crippen LogP contribution in [-0.2, 0) is 59.5 Å². The summed E-state index contributed by atoms with van der Waals surface area (Å²) < 4.78 is 13.6. The molecule has 5 atom stereocenters. The van der Waals surface area contributed by atoms with E-state index in [4.69, 9.17) is 9.47 Å². The van der Waals surface area contributed by atoms with Crippen molar-refractivity contribution in [1.29, 1.82) is 0 Å². The van der Waals surface area contributed by atoms with E-state index in [-0.39, 0.29) is 39.5 Å². The normalized spacial score (nSPS) is 21.8. The first-order valence-corrected chi connectivity index (χ1v) is 38.0. The monoisotopic (exact) mass is 1400 g/mol. The van der Waals surface area contributed by atoms with Gasteiger partial charge in [0.2, 0.25) is 5.91 Å². The van der Waals surface area contributed by atoms with Gasteiger partial charge < -0.3 is 34.2 Å². The van der Waals surface area contributed by atoms with Crippen molar-refractivity contribution in [3.05, 3.63) is 29.6 Å². The van der Waals surface area contributed by atoms with E-state index in [1.54, 1.807) is 11.7 Å². The van der Waals surface area contributed by atoms with E-state index in [0.29, 0.717) is 52.8 Å². The number of nitrogens with zero attached hydrogens (tertiary/aromatic N) is 14. The number of rotatable bonds is 7. The van der Waals surface area contributed by atoms with E-state index >= 15 is 0 Å². The Morgan fingerprint density at radius 3 is 1.17 bits per heavy atom. The number of aryl methyl sites for hydroxylation is 3. The first-order chi connectivity index (χ1) is 44.8. The average Bonchev–Trinajstić information content (AvgIpc) is 1.82. The molecule has 1 amide bonds. The second-order valence-electron chi connectivity index (χ2n) is 40.7. The third-order valence-electron chi connectivity index (χ3n) is 18.4. The van der Waals surface area contributed by atoms with Crippen molar-refractivity contribution in [3.8, 4) is 0 Å². The highest BCUT2D eigenvalue weighted by Crippen LogP contribution is 2.37. The van der Waals surface area contributed by atoms with Crippen LogP contribution in [0.1, 0.15) is 294 Å². The number of likely N-dealkylation sites (tertiary alicyclic amines) is 4. The van der Waals surface area contributed by atoms with Gasteiger partial charge in [-0.3, -0.25) is 19.0 Å². The molecule has 0 aliphatic carbocycles. The van der Waals surface area contributed by atoms with Gasteiger partial charge in [-0.15, -0.1) is 20.4 Å². The number of cyclic esters (lactones) is 1. The van der Waals surface area contributed by atoms with Crippen LogP contribution in [0.5, 0.6) is 0 Å². The van der Waals surface area contributed by atoms with E-state index in [1.807, 2.05) is 43.1 Å². The Morgan fingerprint density at radius 1 is 0.485 bits per heavy atom. The molecule has 19 heteroatoms. The molecule has 0 bridgehead atoms. The summed E-state index contributed by atoms with van der Waals surface area (Å²) in [6, 6.07) is 2.57. The maximum absolute atomic E-state index is 11.5. The summed E-state index contributed by atoms with van der Waals surface area (Å²) in [5.41, 5.74) is 4.60. The number of ether oxygens (including phenoxy) is 2. The standard InChI is InChI=1S/3C10H21N.C10H20O2.C9H17NO.2C8H15N3.C8H14O2.C7H14N4/c3*1-10(2,3)8-9-6-5-7-11(9)4;1-9(2,3)8-10(11)4-6-12-7-5-10;1-9(2,3)7-5-6-10(4)8(7)11;1-8(2,3)5-7-6-11(4)10-9-7;1-8(2,3)5-7-6-9-10-11(7)4;1-8(2,3)6-4-5-10-7(6)9;1-7(2,3)5-6-8-10-11(4)9-6/h3*9H,5-8H2,1-4H3;11H,4-8H2,1-3H3;7H,5-6H2,1-4H3;2*6H,5H2,1-4H3;6H,4-5H2,1-3H3;5H2,1-4H3/t2*9-;;;;;;;/m10......./s1. The highest BCUT2D eigenvalue weighted by molar-refractivity contribution is 5.81. The second kappa shape index (κ2) is 40.4. The predicted octanol–water partition coefficient (Wildman–Crippen LogP) is 16.2. The van der Waals surface area contributed by atoms with Crippen molar-refractivity contribution in [2.75, 3.05) is 74.2 Å². The third kappa shape index (κ3) is 43.7. The van der Waals surface area contributed by atoms with Gasteiger partial charge in [0.25, 0.3) is 0 Å². The summed E-state index contributed by atoms with van der Waals surface area (Å²) >= 11 is 0. The lowest BCUT2D eigenvalue weighted by Gasteiger charge is -2.37. The zero-order chi connectivity index (χ0) is 76.6. The van der Waals surface area contributed by atoms with Crippen LogP contribution in [0.4, 0.5) is 0 Å². The summed E-state index contributed by atoms with van der Waals surface area (Å²) in [6.07, 6.45) is 23.5. The van der Waals surface area contributed by atoms with Gasteiger partial charge in [0.05, 0.1) is 42.8 Å². The smallest absolute Gasteiger partial charge is 0.309 e. The molecule has 3 aromatic rings. The maximum atomic E-state index is 11.5. The summed E-state index contributed by atoms with van der Waals surface area (Å²) in [5, 5.41) is 37.4. The van der Waals surface area contributed by atoms with Crippen LogP contribution >= 0.6 is 0 Å². The molecule has 0 aromatic carbocycles. The van der Waals surface area contributed by atoms with E-state index in [9.17, 15) is 14.7 Å². The van der Waals surface area contributed by atoms with Crippen molar-refractivity contribution in [1.82, 2.24) is 69.8 Å². The van der Waals surface area contributed by atoms with E-state index in [1.165, 1.54) is 87.9 Å². The highest BCUT2D eigenvalue weighted by atomic mass is 16.5. The van der Waals surface area contributed by atoms with Gasteiger partial charge in [0.15, 0.2) is 5.82 Å². The second-order valence-corrected chi connectivity index (χ2v) is 40.7. The fraction of sp³-hybridized carbons (Fsp3) is 0.912. The summed E-state index contributed by atoms with van der Waals surface area (Å²) in [5.74, 6) is 1.48. The lowest BCUT2D eigenvalue weighted by molar-refractivity contribution is -0.143. The van der Waals surface area contributed by atoms with Crippen LogP contribution in [-0.4, -0.2) is 185 Å². The van der Waals surface area contributed by atoms with Crippen LogP contribution in [0, 0.1) is 60.6 Å². The molecule has 0 saturated carbocycles. The van der Waals surface area contributed by atoms with Crippen molar-refractivity contribution >= 4 is 11.9 Å². The van der Waals surface area contributed by atoms with Crippen LogP contribution < -0.4 is 0 Å². The topological polar surface area (TPSA) is 191 Å². The number of aromatic nitrogens is 10. The summed E-state index contributed by atoms with van der Waals surface area (Å²) in [6.45, 7) is 66.7. The van der Waals surface area contributed by atoms with Gasteiger partial charge in [-0.25, -0.2) is 0 Å². The molecule has 6 saturated heterocycles. The van der Waals surface area contributed by atoms with Gasteiger partial charge in [0.1, 0.15) is 0 Å². The number of esters is 1. The van der Waals surface area contributed by atoms with E-state index < -0.39 is 5.60 Å². The minimum absolute atomic E-state index is 0.0208. The fourth-order valence-electron chi connectivity index (χ4n) is 13.6. The summed E-state index contributed by atoms with van der Waals surface area (Å²) in [4.78, 5) is 33.3. The molecule has 99 heavy (non-hydrogen) atoms. The Kier molecular flexibility index (Phi) is 38.0. The zero-order valence-corrected chi connectivity index (χ0v) is 70.9. The fourth-order valence-corrected chi connectivity index (χ4v) is 13.6. The Labute approximate surface area is 608 Å². The number of amides is 1. The largest absolute Gasteiger partial charge is 0.465 e. The predicted molar refractivity (Wildman–Crippen MR) is 412 cm³/mol. The average molecular weight is 1400 g/mol. The molecule has 3 unspecified atom stereocenters. The van der Waals surface area contributed by atoms with Crippen molar-refractivity contribution in [2.24, 2.45) is 81.7 Å². The number of hydrogen-bond acceptors (Lipinski definition) is 15. The SMILES string of the molecule is CC(C)(C)C1CCOC1=O.CC(C)(C)CC1(O)CCOCC1.CN1CCC(C(C)(C)C)C1=O.CN1CCCC1CC(C)(C)C.CN1CCC[C@@H]1CC(C)(C)C.CN1CCC[C@H]1CC(C)(C)C.Cn1cc(CC(C)(C)C)nn1.Cn1nnc(CC(C)(C)C)n1.Cn1nncc1CC(C)(C)C. The molecular weight excluding hydrogens is 1240 g/mol. The Balaban J connectivity index is 0.000000557. The molecule has 6 aliphatic heterocycles. The molecule has 3 aromatic heterocycles. The first kappa shape index (κ1) is 93.1. The number of hydrogen-bond donors (Lipinski definition) is 1. The van der Waals surface area contributed by atoms with Crippen LogP contribution in [0.2, 0.25) is 0 Å². The molecule has 9 rings (SSSR count). The number of aliphatic hydroxyl groups is 1. The van der Waals surface area contributed by atoms with Gasteiger partial charge in [-0.1, -0.05) is 197 Å². The Morgan fingerprint density at radius 2 is 0.919 bits per heavy atom. The molecule has 6 aliphatic rings. The van der Waals surface area contributed by atoms with Gasteiger partial charge in [-0.2, -0.15) is 4.80 Å². The lowest BCUT2D eigenvalue weighted by Crippen LogP contribution is -2.39. The minimum atomic E-state index is -0.462. The summed E-state index contributed by atoms with van der Waals surface area (Å²) in [7, 11) is 14.2. The maximum Gasteiger partial charge on any atom is 0.309 e. The van der Waals surface area contributed by atoms with Gasteiger partial charge in [-0.05, 0) is 197 Å². The number of tetrazole rings is 1. The van der Waals surface area contributed by atoms with Crippen molar-refractivity contribution in [2.45, 2.75) is 320 Å². The van der Waals surface area contributed by atoms with Gasteiger partial charge in [0, 0.05) is 77.6 Å². The third-order valence-corrected chi connectivity index (χ3v) is 18.4. The van der Waals surface area contributed by atoms with Crippen LogP contribution in [0.25, 0.3) is 0 Å². The molecule has 19 nitrogen and oxygen atoms in total. The van der Waals surface area contributed by atoms with E-state index in [2.05, 4.69) is 259 Å². The molecule has 0 spiro atoms. The molecule has 0 radical (unpaired) electrons. The first-order valence-electron chi connectivity index (χ1n) is 38.0. The van der Waals surface area contributed by atoms with Crippen LogP contribution in [0.3, 0.4) is 0 Å². The zero-order valence-electron chi connectivity index (χ0n) is 70.9. The van der Waals surface area contributed by atoms with Crippen LogP contribution in [0.15, 0.2) is 12.4 Å². The molecule has 6 fully saturated rings. The number of carbonyl (C=O) groups is 2. The molecular formula is C80H158N14O5. The quantitative estimate of drug-likeness (QED) is 0.220. The lowest BCUT2D eigenvalue weighted by atomic mass is 9.78. The Hall–Kier alpha value is -3.91. The molecule has 1 N–H and O–H groups in total.